The Morgan fingerprint density at radius 2 is 2.15 bits per heavy atom. The molecule has 1 aliphatic carbocycles. The molecule has 1 aliphatic rings. The fraction of sp³-hybridized carbons (Fsp3) is 0.625. The highest BCUT2D eigenvalue weighted by Crippen LogP contribution is 2.30. The van der Waals surface area contributed by atoms with Crippen molar-refractivity contribution in [2.75, 3.05) is 37.4 Å². The summed E-state index contributed by atoms with van der Waals surface area (Å²) < 4.78 is 11.2. The van der Waals surface area contributed by atoms with Crippen molar-refractivity contribution in [2.45, 2.75) is 32.6 Å². The lowest BCUT2D eigenvalue weighted by atomic mass is 10.2. The Morgan fingerprint density at radius 1 is 1.30 bits per heavy atom. The average molecular weight is 278 g/mol. The van der Waals surface area contributed by atoms with Crippen molar-refractivity contribution in [3.05, 3.63) is 18.2 Å². The second-order valence-electron chi connectivity index (χ2n) is 5.36. The van der Waals surface area contributed by atoms with Gasteiger partial charge in [0.1, 0.15) is 5.75 Å². The first-order valence-electron chi connectivity index (χ1n) is 7.64. The third kappa shape index (κ3) is 4.93. The van der Waals surface area contributed by atoms with Crippen LogP contribution in [0.2, 0.25) is 0 Å². The standard InChI is InChI=1S/C16H26N2O2/c1-2-10-20-15-6-3-5-14(16(15)17)18-9-4-11-19-12-13-7-8-13/h3,5-6,13,18H,2,4,7-12,17H2,1H3. The van der Waals surface area contributed by atoms with E-state index in [-0.39, 0.29) is 0 Å². The number of nitrogens with two attached hydrogens (primary N) is 1. The maximum atomic E-state index is 6.09. The quantitative estimate of drug-likeness (QED) is 0.509. The zero-order valence-corrected chi connectivity index (χ0v) is 12.4. The highest BCUT2D eigenvalue weighted by Gasteiger charge is 2.20. The number of nitrogens with one attached hydrogen (secondary N) is 1. The molecule has 0 aliphatic heterocycles. The van der Waals surface area contributed by atoms with E-state index in [0.29, 0.717) is 12.3 Å². The van der Waals surface area contributed by atoms with Crippen LogP contribution in [0.25, 0.3) is 0 Å². The lowest BCUT2D eigenvalue weighted by molar-refractivity contribution is 0.124. The molecule has 1 aromatic carbocycles. The van der Waals surface area contributed by atoms with Gasteiger partial charge in [0.2, 0.25) is 0 Å². The molecular formula is C16H26N2O2. The number of ether oxygens (including phenoxy) is 2. The van der Waals surface area contributed by atoms with E-state index in [0.717, 1.165) is 50.0 Å². The van der Waals surface area contributed by atoms with Crippen LogP contribution in [0.15, 0.2) is 18.2 Å². The molecule has 0 radical (unpaired) electrons. The molecule has 1 fully saturated rings. The Labute approximate surface area is 121 Å². The zero-order chi connectivity index (χ0) is 14.2. The van der Waals surface area contributed by atoms with Crippen molar-refractivity contribution in [2.24, 2.45) is 5.92 Å². The largest absolute Gasteiger partial charge is 0.491 e. The van der Waals surface area contributed by atoms with Crippen molar-refractivity contribution in [3.8, 4) is 5.75 Å². The van der Waals surface area contributed by atoms with Crippen LogP contribution in [0.1, 0.15) is 32.6 Å². The second kappa shape index (κ2) is 8.00. The molecule has 0 aromatic heterocycles. The molecule has 3 N–H and O–H groups in total. The summed E-state index contributed by atoms with van der Waals surface area (Å²) in [6, 6.07) is 5.86. The van der Waals surface area contributed by atoms with Crippen molar-refractivity contribution < 1.29 is 9.47 Å². The fourth-order valence-electron chi connectivity index (χ4n) is 1.97. The molecule has 0 heterocycles. The fourth-order valence-corrected chi connectivity index (χ4v) is 1.97. The van der Waals surface area contributed by atoms with Gasteiger partial charge >= 0.3 is 0 Å². The highest BCUT2D eigenvalue weighted by molar-refractivity contribution is 5.72. The topological polar surface area (TPSA) is 56.5 Å². The molecule has 0 unspecified atom stereocenters. The van der Waals surface area contributed by atoms with Gasteiger partial charge in [0.25, 0.3) is 0 Å². The normalized spacial score (nSPS) is 14.2. The molecule has 4 heteroatoms. The summed E-state index contributed by atoms with van der Waals surface area (Å²) in [4.78, 5) is 0. The Balaban J connectivity index is 1.68. The number of anilines is 2. The van der Waals surface area contributed by atoms with Crippen LogP contribution in [-0.4, -0.2) is 26.4 Å². The molecule has 0 amide bonds. The first-order valence-corrected chi connectivity index (χ1v) is 7.64. The first kappa shape index (κ1) is 15.0. The third-order valence-corrected chi connectivity index (χ3v) is 3.36. The molecular weight excluding hydrogens is 252 g/mol. The molecule has 1 aromatic rings. The molecule has 4 nitrogen and oxygen atoms in total. The first-order chi connectivity index (χ1) is 9.81. The molecule has 0 bridgehead atoms. The molecule has 2 rings (SSSR count). The molecule has 0 atom stereocenters. The number of nitrogen functional groups attached to an aromatic ring is 1. The van der Waals surface area contributed by atoms with Crippen molar-refractivity contribution in [1.29, 1.82) is 0 Å². The molecule has 1 saturated carbocycles. The number of benzene rings is 1. The van der Waals surface area contributed by atoms with Gasteiger partial charge in [-0.05, 0) is 43.7 Å². The summed E-state index contributed by atoms with van der Waals surface area (Å²) in [7, 11) is 0. The maximum absolute atomic E-state index is 6.09. The van der Waals surface area contributed by atoms with Gasteiger partial charge in [-0.15, -0.1) is 0 Å². The van der Waals surface area contributed by atoms with Crippen LogP contribution in [0.5, 0.6) is 5.75 Å². The number of para-hydroxylation sites is 1. The number of hydrogen-bond donors (Lipinski definition) is 2. The summed E-state index contributed by atoms with van der Waals surface area (Å²) in [6.07, 6.45) is 4.67. The van der Waals surface area contributed by atoms with E-state index in [2.05, 4.69) is 12.2 Å². The summed E-state index contributed by atoms with van der Waals surface area (Å²) in [5.74, 6) is 1.60. The van der Waals surface area contributed by atoms with Crippen molar-refractivity contribution >= 4 is 11.4 Å². The average Bonchev–Trinajstić information content (AvgIpc) is 3.27. The van der Waals surface area contributed by atoms with Crippen molar-refractivity contribution in [3.63, 3.8) is 0 Å². The summed E-state index contributed by atoms with van der Waals surface area (Å²) in [6.45, 7) is 5.40. The van der Waals surface area contributed by atoms with E-state index < -0.39 is 0 Å². The zero-order valence-electron chi connectivity index (χ0n) is 12.4. The second-order valence-corrected chi connectivity index (χ2v) is 5.36. The van der Waals surface area contributed by atoms with Crippen LogP contribution in [0.4, 0.5) is 11.4 Å². The number of rotatable bonds is 10. The minimum atomic E-state index is 0.694. The van der Waals surface area contributed by atoms with E-state index in [1.807, 2.05) is 18.2 Å². The SMILES string of the molecule is CCCOc1cccc(NCCCOCC2CC2)c1N. The van der Waals surface area contributed by atoms with Gasteiger partial charge in [-0.2, -0.15) is 0 Å². The van der Waals surface area contributed by atoms with Gasteiger partial charge < -0.3 is 20.5 Å². The molecule has 0 saturated heterocycles. The minimum Gasteiger partial charge on any atom is -0.491 e. The van der Waals surface area contributed by atoms with Gasteiger partial charge in [0.05, 0.1) is 18.0 Å². The van der Waals surface area contributed by atoms with Gasteiger partial charge in [0.15, 0.2) is 0 Å². The predicted octanol–water partition coefficient (Wildman–Crippen LogP) is 3.29. The highest BCUT2D eigenvalue weighted by atomic mass is 16.5. The summed E-state index contributed by atoms with van der Waals surface area (Å²) in [5, 5.41) is 3.35. The Morgan fingerprint density at radius 3 is 2.90 bits per heavy atom. The van der Waals surface area contributed by atoms with E-state index in [1.54, 1.807) is 0 Å². The lowest BCUT2D eigenvalue weighted by Gasteiger charge is -2.13. The smallest absolute Gasteiger partial charge is 0.144 e. The summed E-state index contributed by atoms with van der Waals surface area (Å²) >= 11 is 0. The van der Waals surface area contributed by atoms with Crippen LogP contribution in [0.3, 0.4) is 0 Å². The molecule has 0 spiro atoms. The van der Waals surface area contributed by atoms with E-state index in [4.69, 9.17) is 15.2 Å². The lowest BCUT2D eigenvalue weighted by Crippen LogP contribution is -2.09. The van der Waals surface area contributed by atoms with E-state index in [1.165, 1.54) is 12.8 Å². The Hall–Kier alpha value is -1.42. The maximum Gasteiger partial charge on any atom is 0.144 e. The van der Waals surface area contributed by atoms with E-state index >= 15 is 0 Å². The van der Waals surface area contributed by atoms with Crippen LogP contribution < -0.4 is 15.8 Å². The monoisotopic (exact) mass is 278 g/mol. The van der Waals surface area contributed by atoms with Gasteiger partial charge in [-0.3, -0.25) is 0 Å². The van der Waals surface area contributed by atoms with Crippen LogP contribution in [0, 0.1) is 5.92 Å². The minimum absolute atomic E-state index is 0.694. The predicted molar refractivity (Wildman–Crippen MR) is 83.3 cm³/mol. The van der Waals surface area contributed by atoms with Crippen LogP contribution >= 0.6 is 0 Å². The summed E-state index contributed by atoms with van der Waals surface area (Å²) in [5.41, 5.74) is 7.73. The van der Waals surface area contributed by atoms with Crippen LogP contribution in [-0.2, 0) is 4.74 Å². The number of hydrogen-bond acceptors (Lipinski definition) is 4. The molecule has 112 valence electrons. The molecule has 20 heavy (non-hydrogen) atoms. The Bertz CT molecular complexity index is 405. The van der Waals surface area contributed by atoms with E-state index in [9.17, 15) is 0 Å². The van der Waals surface area contributed by atoms with Gasteiger partial charge in [-0.1, -0.05) is 13.0 Å². The Kier molecular flexibility index (Phi) is 5.99. The third-order valence-electron chi connectivity index (χ3n) is 3.36. The van der Waals surface area contributed by atoms with Gasteiger partial charge in [0, 0.05) is 19.8 Å². The van der Waals surface area contributed by atoms with Gasteiger partial charge in [-0.25, -0.2) is 0 Å². The van der Waals surface area contributed by atoms with Crippen molar-refractivity contribution in [1.82, 2.24) is 0 Å².